The number of hydrogen-bond acceptors (Lipinski definition) is 3. The Morgan fingerprint density at radius 2 is 2.17 bits per heavy atom. The standard InChI is InChI=1S/C16H21BrFN3O2.ClH/c1-10-6-11(8-19)9-21(10)15(22)4-5-20-16(23)13-7-12(18)2-3-14(13)17;/h2-3,7,10-11H,4-6,8-9,19H2,1H3,(H,20,23);1H. The van der Waals surface area contributed by atoms with Crippen molar-refractivity contribution < 1.29 is 14.0 Å². The third-order valence-electron chi connectivity index (χ3n) is 4.11. The average Bonchev–Trinajstić information content (AvgIpc) is 2.90. The van der Waals surface area contributed by atoms with Crippen molar-refractivity contribution >= 4 is 40.2 Å². The molecular weight excluding hydrogens is 401 g/mol. The van der Waals surface area contributed by atoms with Crippen molar-refractivity contribution in [2.75, 3.05) is 19.6 Å². The maximum Gasteiger partial charge on any atom is 0.252 e. The monoisotopic (exact) mass is 421 g/mol. The van der Waals surface area contributed by atoms with Gasteiger partial charge in [-0.25, -0.2) is 4.39 Å². The molecule has 2 rings (SSSR count). The Hall–Kier alpha value is -1.18. The lowest BCUT2D eigenvalue weighted by Gasteiger charge is -2.21. The third kappa shape index (κ3) is 5.16. The first kappa shape index (κ1) is 20.9. The van der Waals surface area contributed by atoms with Crippen molar-refractivity contribution in [1.82, 2.24) is 10.2 Å². The summed E-state index contributed by atoms with van der Waals surface area (Å²) in [7, 11) is 0. The predicted molar refractivity (Wildman–Crippen MR) is 96.6 cm³/mol. The summed E-state index contributed by atoms with van der Waals surface area (Å²) in [5.74, 6) is -0.523. The van der Waals surface area contributed by atoms with Crippen molar-refractivity contribution in [2.24, 2.45) is 11.7 Å². The number of likely N-dealkylation sites (tertiary alicyclic amines) is 1. The van der Waals surface area contributed by atoms with Crippen LogP contribution in [0.3, 0.4) is 0 Å². The number of carbonyl (C=O) groups is 2. The number of hydrogen-bond donors (Lipinski definition) is 2. The zero-order valence-electron chi connectivity index (χ0n) is 13.4. The number of nitrogens with zero attached hydrogens (tertiary/aromatic N) is 1. The minimum Gasteiger partial charge on any atom is -0.351 e. The molecule has 24 heavy (non-hydrogen) atoms. The second-order valence-electron chi connectivity index (χ2n) is 5.86. The van der Waals surface area contributed by atoms with Gasteiger partial charge in [-0.15, -0.1) is 12.4 Å². The summed E-state index contributed by atoms with van der Waals surface area (Å²) in [5, 5.41) is 2.65. The summed E-state index contributed by atoms with van der Waals surface area (Å²) in [5.41, 5.74) is 5.88. The molecule has 1 aliphatic rings. The Balaban J connectivity index is 0.00000288. The Labute approximate surface area is 155 Å². The number of nitrogens with one attached hydrogen (secondary N) is 1. The molecular formula is C16H22BrClFN3O2. The molecule has 0 spiro atoms. The molecule has 1 aromatic carbocycles. The van der Waals surface area contributed by atoms with Crippen molar-refractivity contribution in [2.45, 2.75) is 25.8 Å². The fourth-order valence-corrected chi connectivity index (χ4v) is 3.28. The highest BCUT2D eigenvalue weighted by Crippen LogP contribution is 2.22. The largest absolute Gasteiger partial charge is 0.351 e. The zero-order chi connectivity index (χ0) is 17.0. The lowest BCUT2D eigenvalue weighted by Crippen LogP contribution is -2.37. The first-order chi connectivity index (χ1) is 10.9. The van der Waals surface area contributed by atoms with Crippen molar-refractivity contribution in [3.8, 4) is 0 Å². The topological polar surface area (TPSA) is 75.4 Å². The van der Waals surface area contributed by atoms with Crippen LogP contribution in [0.5, 0.6) is 0 Å². The van der Waals surface area contributed by atoms with Crippen LogP contribution >= 0.6 is 28.3 Å². The van der Waals surface area contributed by atoms with Crippen LogP contribution in [0.25, 0.3) is 0 Å². The summed E-state index contributed by atoms with van der Waals surface area (Å²) in [6.45, 7) is 3.49. The molecule has 8 heteroatoms. The van der Waals surface area contributed by atoms with Gasteiger partial charge in [0.25, 0.3) is 5.91 Å². The van der Waals surface area contributed by atoms with Crippen molar-refractivity contribution in [1.29, 1.82) is 0 Å². The van der Waals surface area contributed by atoms with Gasteiger partial charge in [-0.3, -0.25) is 9.59 Å². The minimum atomic E-state index is -0.479. The van der Waals surface area contributed by atoms with E-state index in [4.69, 9.17) is 5.73 Å². The molecule has 134 valence electrons. The van der Waals surface area contributed by atoms with Gasteiger partial charge in [0.2, 0.25) is 5.91 Å². The van der Waals surface area contributed by atoms with Crippen molar-refractivity contribution in [3.05, 3.63) is 34.1 Å². The first-order valence-corrected chi connectivity index (χ1v) is 8.44. The van der Waals surface area contributed by atoms with E-state index in [9.17, 15) is 14.0 Å². The van der Waals surface area contributed by atoms with E-state index in [1.54, 1.807) is 0 Å². The highest BCUT2D eigenvalue weighted by Gasteiger charge is 2.31. The number of rotatable bonds is 5. The van der Waals surface area contributed by atoms with Gasteiger partial charge in [-0.05, 0) is 59.9 Å². The molecule has 1 aliphatic heterocycles. The molecule has 1 saturated heterocycles. The predicted octanol–water partition coefficient (Wildman–Crippen LogP) is 2.33. The minimum absolute atomic E-state index is 0. The van der Waals surface area contributed by atoms with Gasteiger partial charge in [-0.2, -0.15) is 0 Å². The van der Waals surface area contributed by atoms with Crippen LogP contribution < -0.4 is 11.1 Å². The summed E-state index contributed by atoms with van der Waals surface area (Å²) in [6.07, 6.45) is 1.14. The fourth-order valence-electron chi connectivity index (χ4n) is 2.85. The number of nitrogens with two attached hydrogens (primary N) is 1. The molecule has 0 aromatic heterocycles. The van der Waals surface area contributed by atoms with E-state index in [2.05, 4.69) is 21.2 Å². The molecule has 0 radical (unpaired) electrons. The second kappa shape index (κ2) is 9.34. The maximum atomic E-state index is 13.2. The SMILES string of the molecule is CC1CC(CN)CN1C(=O)CCNC(=O)c1cc(F)ccc1Br.Cl. The quantitative estimate of drug-likeness (QED) is 0.765. The van der Waals surface area contributed by atoms with Gasteiger partial charge in [0.05, 0.1) is 5.56 Å². The van der Waals surface area contributed by atoms with E-state index in [0.29, 0.717) is 23.5 Å². The van der Waals surface area contributed by atoms with Gasteiger partial charge in [0.1, 0.15) is 5.82 Å². The Kier molecular flexibility index (Phi) is 8.12. The molecule has 2 amide bonds. The first-order valence-electron chi connectivity index (χ1n) is 7.65. The third-order valence-corrected chi connectivity index (χ3v) is 4.80. The van der Waals surface area contributed by atoms with Gasteiger partial charge >= 0.3 is 0 Å². The summed E-state index contributed by atoms with van der Waals surface area (Å²) < 4.78 is 13.7. The summed E-state index contributed by atoms with van der Waals surface area (Å²) >= 11 is 3.21. The van der Waals surface area contributed by atoms with E-state index in [-0.39, 0.29) is 42.9 Å². The molecule has 1 heterocycles. The van der Waals surface area contributed by atoms with Crippen LogP contribution in [-0.2, 0) is 4.79 Å². The van der Waals surface area contributed by atoms with Crippen LogP contribution in [-0.4, -0.2) is 42.4 Å². The highest BCUT2D eigenvalue weighted by atomic mass is 79.9. The Bertz CT molecular complexity index is 603. The van der Waals surface area contributed by atoms with Gasteiger partial charge in [-0.1, -0.05) is 0 Å². The van der Waals surface area contributed by atoms with E-state index >= 15 is 0 Å². The smallest absolute Gasteiger partial charge is 0.252 e. The molecule has 1 aromatic rings. The zero-order valence-corrected chi connectivity index (χ0v) is 15.8. The number of halogens is 3. The van der Waals surface area contributed by atoms with E-state index in [0.717, 1.165) is 12.5 Å². The highest BCUT2D eigenvalue weighted by molar-refractivity contribution is 9.10. The van der Waals surface area contributed by atoms with Gasteiger partial charge < -0.3 is 16.0 Å². The lowest BCUT2D eigenvalue weighted by atomic mass is 10.1. The van der Waals surface area contributed by atoms with Crippen molar-refractivity contribution in [3.63, 3.8) is 0 Å². The van der Waals surface area contributed by atoms with E-state index in [1.807, 2.05) is 11.8 Å². The van der Waals surface area contributed by atoms with Crippen LogP contribution in [0.15, 0.2) is 22.7 Å². The Morgan fingerprint density at radius 1 is 1.46 bits per heavy atom. The molecule has 3 N–H and O–H groups in total. The van der Waals surface area contributed by atoms with E-state index in [1.165, 1.54) is 12.1 Å². The molecule has 2 atom stereocenters. The normalized spacial score (nSPS) is 19.8. The number of amides is 2. The van der Waals surface area contributed by atoms with Gasteiger partial charge in [0.15, 0.2) is 0 Å². The summed E-state index contributed by atoms with van der Waals surface area (Å²) in [4.78, 5) is 26.1. The van der Waals surface area contributed by atoms with Crippen LogP contribution in [0.1, 0.15) is 30.1 Å². The maximum absolute atomic E-state index is 13.2. The fraction of sp³-hybridized carbons (Fsp3) is 0.500. The second-order valence-corrected chi connectivity index (χ2v) is 6.72. The molecule has 0 bridgehead atoms. The molecule has 5 nitrogen and oxygen atoms in total. The van der Waals surface area contributed by atoms with Crippen LogP contribution in [0.4, 0.5) is 4.39 Å². The molecule has 1 fully saturated rings. The average molecular weight is 423 g/mol. The van der Waals surface area contributed by atoms with Gasteiger partial charge in [0, 0.05) is 30.0 Å². The van der Waals surface area contributed by atoms with Crippen LogP contribution in [0, 0.1) is 11.7 Å². The van der Waals surface area contributed by atoms with Crippen LogP contribution in [0.2, 0.25) is 0 Å². The molecule has 2 unspecified atom stereocenters. The molecule has 0 saturated carbocycles. The van der Waals surface area contributed by atoms with E-state index < -0.39 is 11.7 Å². The number of benzene rings is 1. The number of carbonyl (C=O) groups excluding carboxylic acids is 2. The lowest BCUT2D eigenvalue weighted by molar-refractivity contribution is -0.131. The Morgan fingerprint density at radius 3 is 2.79 bits per heavy atom. The summed E-state index contributed by atoms with van der Waals surface area (Å²) in [6, 6.07) is 4.10. The molecule has 0 aliphatic carbocycles.